The summed E-state index contributed by atoms with van der Waals surface area (Å²) in [5, 5.41) is 4.45. The van der Waals surface area contributed by atoms with E-state index in [1.54, 1.807) is 0 Å². The van der Waals surface area contributed by atoms with Gasteiger partial charge in [-0.2, -0.15) is 5.10 Å². The Bertz CT molecular complexity index is 727. The van der Waals surface area contributed by atoms with Crippen LogP contribution in [0.5, 0.6) is 0 Å². The Morgan fingerprint density at radius 3 is 2.72 bits per heavy atom. The first-order valence-corrected chi connectivity index (χ1v) is 8.78. The van der Waals surface area contributed by atoms with Gasteiger partial charge in [0.15, 0.2) is 0 Å². The monoisotopic (exact) mass is 341 g/mol. The zero-order valence-corrected chi connectivity index (χ0v) is 15.4. The van der Waals surface area contributed by atoms with E-state index in [0.717, 1.165) is 17.9 Å². The SMILES string of the molecule is Cc1cc(C)n(C(C)C(=O)N(C)CC2CNNC2c2ccccc2)n1. The van der Waals surface area contributed by atoms with E-state index >= 15 is 0 Å². The molecule has 0 radical (unpaired) electrons. The van der Waals surface area contributed by atoms with Crippen molar-refractivity contribution in [3.05, 3.63) is 53.3 Å². The zero-order valence-electron chi connectivity index (χ0n) is 15.4. The number of hydrogen-bond acceptors (Lipinski definition) is 4. The Morgan fingerprint density at radius 2 is 2.08 bits per heavy atom. The molecule has 1 saturated heterocycles. The molecule has 6 nitrogen and oxygen atoms in total. The minimum atomic E-state index is -0.295. The molecular weight excluding hydrogens is 314 g/mol. The summed E-state index contributed by atoms with van der Waals surface area (Å²) in [7, 11) is 1.88. The number of carbonyl (C=O) groups is 1. The predicted octanol–water partition coefficient (Wildman–Crippen LogP) is 1.98. The lowest BCUT2D eigenvalue weighted by atomic mass is 9.94. The first-order chi connectivity index (χ1) is 12.0. The van der Waals surface area contributed by atoms with Crippen molar-refractivity contribution in [2.75, 3.05) is 20.1 Å². The third-order valence-electron chi connectivity index (χ3n) is 4.91. The molecular formula is C19H27N5O. The fourth-order valence-electron chi connectivity index (χ4n) is 3.62. The molecule has 0 aliphatic carbocycles. The summed E-state index contributed by atoms with van der Waals surface area (Å²) in [5.74, 6) is 0.411. The van der Waals surface area contributed by atoms with Gasteiger partial charge < -0.3 is 4.90 Å². The second-order valence-electron chi connectivity index (χ2n) is 6.94. The number of nitrogens with one attached hydrogen (secondary N) is 2. The van der Waals surface area contributed by atoms with Crippen molar-refractivity contribution in [1.29, 1.82) is 0 Å². The quantitative estimate of drug-likeness (QED) is 0.873. The number of hydrogen-bond donors (Lipinski definition) is 2. The van der Waals surface area contributed by atoms with Crippen LogP contribution in [0.1, 0.15) is 36.0 Å². The molecule has 2 N–H and O–H groups in total. The molecule has 1 amide bonds. The molecule has 6 heteroatoms. The van der Waals surface area contributed by atoms with Gasteiger partial charge in [-0.25, -0.2) is 5.43 Å². The minimum Gasteiger partial charge on any atom is -0.344 e. The molecule has 0 bridgehead atoms. The van der Waals surface area contributed by atoms with Crippen LogP contribution in [0.25, 0.3) is 0 Å². The van der Waals surface area contributed by atoms with Gasteiger partial charge in [0.1, 0.15) is 6.04 Å². The molecule has 0 spiro atoms. The molecule has 1 aliphatic rings. The van der Waals surface area contributed by atoms with E-state index in [1.807, 2.05) is 61.7 Å². The van der Waals surface area contributed by atoms with Crippen LogP contribution < -0.4 is 10.9 Å². The smallest absolute Gasteiger partial charge is 0.246 e. The molecule has 25 heavy (non-hydrogen) atoms. The van der Waals surface area contributed by atoms with Crippen molar-refractivity contribution >= 4 is 5.91 Å². The average Bonchev–Trinajstić information content (AvgIpc) is 3.20. The molecule has 1 aliphatic heterocycles. The van der Waals surface area contributed by atoms with Gasteiger partial charge in [-0.05, 0) is 32.4 Å². The fourth-order valence-corrected chi connectivity index (χ4v) is 3.62. The molecule has 2 aromatic rings. The van der Waals surface area contributed by atoms with Gasteiger partial charge in [0.25, 0.3) is 0 Å². The normalized spacial score (nSPS) is 21.3. The van der Waals surface area contributed by atoms with Crippen LogP contribution in [-0.2, 0) is 4.79 Å². The van der Waals surface area contributed by atoms with Crippen molar-refractivity contribution in [3.8, 4) is 0 Å². The molecule has 3 unspecified atom stereocenters. The minimum absolute atomic E-state index is 0.0879. The van der Waals surface area contributed by atoms with Gasteiger partial charge in [-0.15, -0.1) is 0 Å². The van der Waals surface area contributed by atoms with Crippen LogP contribution in [0.2, 0.25) is 0 Å². The van der Waals surface area contributed by atoms with Crippen LogP contribution in [0, 0.1) is 19.8 Å². The summed E-state index contributed by atoms with van der Waals surface area (Å²) < 4.78 is 1.81. The first kappa shape index (κ1) is 17.6. The highest BCUT2D eigenvalue weighted by molar-refractivity contribution is 5.79. The number of aromatic nitrogens is 2. The van der Waals surface area contributed by atoms with Crippen LogP contribution in [0.3, 0.4) is 0 Å². The van der Waals surface area contributed by atoms with E-state index in [9.17, 15) is 4.79 Å². The molecule has 3 atom stereocenters. The number of hydrazine groups is 1. The number of aryl methyl sites for hydroxylation is 2. The summed E-state index contributed by atoms with van der Waals surface area (Å²) in [5.41, 5.74) is 9.76. The number of likely N-dealkylation sites (N-methyl/N-ethyl adjacent to an activating group) is 1. The van der Waals surface area contributed by atoms with E-state index in [2.05, 4.69) is 28.1 Å². The van der Waals surface area contributed by atoms with E-state index in [1.165, 1.54) is 5.56 Å². The molecule has 2 heterocycles. The lowest BCUT2D eigenvalue weighted by molar-refractivity contribution is -0.133. The predicted molar refractivity (Wildman–Crippen MR) is 97.9 cm³/mol. The molecule has 0 saturated carbocycles. The molecule has 1 aromatic heterocycles. The van der Waals surface area contributed by atoms with Crippen LogP contribution >= 0.6 is 0 Å². The molecule has 1 aromatic carbocycles. The van der Waals surface area contributed by atoms with Crippen molar-refractivity contribution in [1.82, 2.24) is 25.5 Å². The van der Waals surface area contributed by atoms with E-state index < -0.39 is 0 Å². The van der Waals surface area contributed by atoms with Gasteiger partial charge in [0.2, 0.25) is 5.91 Å². The maximum absolute atomic E-state index is 12.9. The van der Waals surface area contributed by atoms with Gasteiger partial charge in [0.05, 0.1) is 11.7 Å². The Morgan fingerprint density at radius 1 is 1.36 bits per heavy atom. The summed E-state index contributed by atoms with van der Waals surface area (Å²) in [6, 6.07) is 12.3. The highest BCUT2D eigenvalue weighted by atomic mass is 16.2. The third-order valence-corrected chi connectivity index (χ3v) is 4.91. The highest BCUT2D eigenvalue weighted by Gasteiger charge is 2.31. The summed E-state index contributed by atoms with van der Waals surface area (Å²) in [6.45, 7) is 7.39. The van der Waals surface area contributed by atoms with E-state index in [4.69, 9.17) is 0 Å². The standard InChI is InChI=1S/C19H27N5O/c1-13-10-14(2)24(22-13)15(3)19(25)23(4)12-17-11-20-21-18(17)16-8-6-5-7-9-16/h5-10,15,17-18,20-21H,11-12H2,1-4H3. The lowest BCUT2D eigenvalue weighted by Crippen LogP contribution is -2.38. The molecule has 1 fully saturated rings. The zero-order chi connectivity index (χ0) is 18.0. The van der Waals surface area contributed by atoms with Gasteiger partial charge in [-0.1, -0.05) is 30.3 Å². The van der Waals surface area contributed by atoms with Crippen molar-refractivity contribution < 1.29 is 4.79 Å². The number of benzene rings is 1. The summed E-state index contributed by atoms with van der Waals surface area (Å²) in [6.07, 6.45) is 0. The Balaban J connectivity index is 1.67. The Labute approximate surface area is 149 Å². The topological polar surface area (TPSA) is 62.2 Å². The average molecular weight is 341 g/mol. The van der Waals surface area contributed by atoms with Crippen LogP contribution in [-0.4, -0.2) is 40.7 Å². The van der Waals surface area contributed by atoms with Crippen molar-refractivity contribution in [2.24, 2.45) is 5.92 Å². The van der Waals surface area contributed by atoms with E-state index in [0.29, 0.717) is 12.5 Å². The summed E-state index contributed by atoms with van der Waals surface area (Å²) in [4.78, 5) is 14.7. The third kappa shape index (κ3) is 3.75. The second kappa shape index (κ2) is 7.37. The maximum atomic E-state index is 12.9. The van der Waals surface area contributed by atoms with Crippen LogP contribution in [0.4, 0.5) is 0 Å². The number of amides is 1. The van der Waals surface area contributed by atoms with Gasteiger partial charge >= 0.3 is 0 Å². The van der Waals surface area contributed by atoms with Gasteiger partial charge in [-0.3, -0.25) is 14.9 Å². The second-order valence-corrected chi connectivity index (χ2v) is 6.94. The largest absolute Gasteiger partial charge is 0.344 e. The van der Waals surface area contributed by atoms with Crippen molar-refractivity contribution in [3.63, 3.8) is 0 Å². The van der Waals surface area contributed by atoms with Gasteiger partial charge in [0, 0.05) is 31.7 Å². The lowest BCUT2D eigenvalue weighted by Gasteiger charge is -2.27. The van der Waals surface area contributed by atoms with Crippen molar-refractivity contribution in [2.45, 2.75) is 32.9 Å². The Hall–Kier alpha value is -2.18. The van der Waals surface area contributed by atoms with Crippen LogP contribution in [0.15, 0.2) is 36.4 Å². The number of rotatable bonds is 5. The molecule has 3 rings (SSSR count). The highest BCUT2D eigenvalue weighted by Crippen LogP contribution is 2.26. The number of carbonyl (C=O) groups excluding carboxylic acids is 1. The maximum Gasteiger partial charge on any atom is 0.246 e. The summed E-state index contributed by atoms with van der Waals surface area (Å²) >= 11 is 0. The Kier molecular flexibility index (Phi) is 5.20. The number of nitrogens with zero attached hydrogens (tertiary/aromatic N) is 3. The van der Waals surface area contributed by atoms with E-state index in [-0.39, 0.29) is 18.0 Å². The fraction of sp³-hybridized carbons (Fsp3) is 0.474. The first-order valence-electron chi connectivity index (χ1n) is 8.78. The molecule has 134 valence electrons.